The first-order valence-electron chi connectivity index (χ1n) is 6.41. The summed E-state index contributed by atoms with van der Waals surface area (Å²) in [6.45, 7) is 3.08. The average Bonchev–Trinajstić information content (AvgIpc) is 2.86. The van der Waals surface area contributed by atoms with E-state index in [4.69, 9.17) is 18.9 Å². The van der Waals surface area contributed by atoms with Crippen molar-refractivity contribution < 1.29 is 23.7 Å². The number of carbonyl (C=O) groups is 1. The van der Waals surface area contributed by atoms with Crippen LogP contribution < -0.4 is 9.47 Å². The van der Waals surface area contributed by atoms with Crippen molar-refractivity contribution in [3.05, 3.63) is 23.8 Å². The Morgan fingerprint density at radius 1 is 1.32 bits per heavy atom. The van der Waals surface area contributed by atoms with Crippen LogP contribution in [0.2, 0.25) is 0 Å². The van der Waals surface area contributed by atoms with E-state index in [2.05, 4.69) is 0 Å². The Morgan fingerprint density at radius 2 is 2.16 bits per heavy atom. The molecule has 104 valence electrons. The van der Waals surface area contributed by atoms with E-state index in [1.807, 2.05) is 25.1 Å². The van der Waals surface area contributed by atoms with E-state index >= 15 is 0 Å². The molecule has 0 amide bonds. The second-order valence-corrected chi connectivity index (χ2v) is 4.25. The summed E-state index contributed by atoms with van der Waals surface area (Å²) < 4.78 is 20.8. The predicted molar refractivity (Wildman–Crippen MR) is 68.1 cm³/mol. The lowest BCUT2D eigenvalue weighted by Gasteiger charge is -2.06. The number of benzene rings is 1. The highest BCUT2D eigenvalue weighted by molar-refractivity contribution is 5.70. The molecule has 0 N–H and O–H groups in total. The van der Waals surface area contributed by atoms with Crippen LogP contribution in [0, 0.1) is 0 Å². The van der Waals surface area contributed by atoms with Crippen molar-refractivity contribution in [2.75, 3.05) is 20.0 Å². The van der Waals surface area contributed by atoms with Crippen molar-refractivity contribution in [3.63, 3.8) is 0 Å². The molecule has 0 aromatic heterocycles. The van der Waals surface area contributed by atoms with E-state index in [9.17, 15) is 4.79 Å². The molecule has 1 heterocycles. The van der Waals surface area contributed by atoms with E-state index in [-0.39, 0.29) is 19.4 Å². The van der Waals surface area contributed by atoms with Gasteiger partial charge in [-0.3, -0.25) is 0 Å². The summed E-state index contributed by atoms with van der Waals surface area (Å²) in [7, 11) is 0. The van der Waals surface area contributed by atoms with Crippen LogP contribution in [0.4, 0.5) is 0 Å². The van der Waals surface area contributed by atoms with Gasteiger partial charge in [0.05, 0.1) is 13.2 Å². The maximum Gasteiger partial charge on any atom is 0.332 e. The second kappa shape index (κ2) is 6.99. The zero-order chi connectivity index (χ0) is 13.5. The summed E-state index contributed by atoms with van der Waals surface area (Å²) in [6.07, 6.45) is 1.89. The second-order valence-electron chi connectivity index (χ2n) is 4.25. The van der Waals surface area contributed by atoms with Crippen LogP contribution >= 0.6 is 0 Å². The van der Waals surface area contributed by atoms with Crippen LogP contribution in [0.1, 0.15) is 25.3 Å². The summed E-state index contributed by atoms with van der Waals surface area (Å²) in [5.41, 5.74) is 0.936. The van der Waals surface area contributed by atoms with Gasteiger partial charge in [0, 0.05) is 0 Å². The molecule has 0 radical (unpaired) electrons. The molecule has 0 spiro atoms. The fraction of sp³-hybridized carbons (Fsp3) is 0.500. The van der Waals surface area contributed by atoms with Gasteiger partial charge in [0.2, 0.25) is 6.79 Å². The van der Waals surface area contributed by atoms with Crippen molar-refractivity contribution in [2.24, 2.45) is 0 Å². The van der Waals surface area contributed by atoms with Gasteiger partial charge in [0.15, 0.2) is 11.5 Å². The smallest absolute Gasteiger partial charge is 0.332 e. The number of fused-ring (bicyclic) bond motifs is 1. The monoisotopic (exact) mass is 266 g/mol. The number of carbonyl (C=O) groups excluding carboxylic acids is 1. The van der Waals surface area contributed by atoms with E-state index in [0.717, 1.165) is 24.2 Å². The van der Waals surface area contributed by atoms with Crippen molar-refractivity contribution in [1.82, 2.24) is 0 Å². The third-order valence-corrected chi connectivity index (χ3v) is 2.69. The van der Waals surface area contributed by atoms with E-state index in [1.54, 1.807) is 0 Å². The molecule has 1 aromatic rings. The first-order valence-corrected chi connectivity index (χ1v) is 6.41. The maximum atomic E-state index is 11.3. The van der Waals surface area contributed by atoms with Crippen LogP contribution in [0.3, 0.4) is 0 Å². The average molecular weight is 266 g/mol. The minimum absolute atomic E-state index is 0.0296. The molecule has 1 aromatic carbocycles. The molecule has 1 aliphatic heterocycles. The largest absolute Gasteiger partial charge is 0.464 e. The minimum atomic E-state index is -0.325. The summed E-state index contributed by atoms with van der Waals surface area (Å²) >= 11 is 0. The van der Waals surface area contributed by atoms with Crippen LogP contribution in [-0.4, -0.2) is 26.0 Å². The van der Waals surface area contributed by atoms with Gasteiger partial charge in [0.25, 0.3) is 0 Å². The summed E-state index contributed by atoms with van der Waals surface area (Å²) in [5.74, 6) is 1.13. The van der Waals surface area contributed by atoms with E-state index in [1.165, 1.54) is 0 Å². The summed E-state index contributed by atoms with van der Waals surface area (Å²) in [4.78, 5) is 11.3. The van der Waals surface area contributed by atoms with Gasteiger partial charge in [-0.1, -0.05) is 19.4 Å². The van der Waals surface area contributed by atoms with Crippen LogP contribution in [0.25, 0.3) is 0 Å². The Balaban J connectivity index is 1.69. The Labute approximate surface area is 112 Å². The number of unbranched alkanes of at least 4 members (excludes halogenated alkanes) is 1. The Kier molecular flexibility index (Phi) is 5.03. The first-order chi connectivity index (χ1) is 9.29. The fourth-order valence-electron chi connectivity index (χ4n) is 1.65. The molecule has 1 aliphatic rings. The molecule has 0 atom stereocenters. The number of ether oxygens (including phenoxy) is 4. The molecular weight excluding hydrogens is 248 g/mol. The molecule has 5 nitrogen and oxygen atoms in total. The van der Waals surface area contributed by atoms with Crippen molar-refractivity contribution in [2.45, 2.75) is 26.4 Å². The molecule has 0 fully saturated rings. The highest BCUT2D eigenvalue weighted by atomic mass is 16.7. The lowest BCUT2D eigenvalue weighted by molar-refractivity contribution is -0.149. The molecule has 0 saturated carbocycles. The van der Waals surface area contributed by atoms with Crippen LogP contribution in [0.5, 0.6) is 11.5 Å². The third kappa shape index (κ3) is 4.13. The van der Waals surface area contributed by atoms with Crippen LogP contribution in [0.15, 0.2) is 18.2 Å². The van der Waals surface area contributed by atoms with Crippen molar-refractivity contribution >= 4 is 5.97 Å². The van der Waals surface area contributed by atoms with Crippen molar-refractivity contribution in [1.29, 1.82) is 0 Å². The maximum absolute atomic E-state index is 11.3. The zero-order valence-electron chi connectivity index (χ0n) is 11.0. The molecule has 0 unspecified atom stereocenters. The molecule has 19 heavy (non-hydrogen) atoms. The highest BCUT2D eigenvalue weighted by Crippen LogP contribution is 2.32. The summed E-state index contributed by atoms with van der Waals surface area (Å²) in [5, 5.41) is 0. The molecule has 5 heteroatoms. The highest BCUT2D eigenvalue weighted by Gasteiger charge is 2.13. The first kappa shape index (κ1) is 13.7. The lowest BCUT2D eigenvalue weighted by Crippen LogP contribution is -2.13. The molecule has 0 aliphatic carbocycles. The van der Waals surface area contributed by atoms with Gasteiger partial charge in [-0.05, 0) is 24.1 Å². The summed E-state index contributed by atoms with van der Waals surface area (Å²) in [6, 6.07) is 5.57. The quantitative estimate of drug-likeness (QED) is 0.560. The van der Waals surface area contributed by atoms with E-state index < -0.39 is 0 Å². The van der Waals surface area contributed by atoms with Crippen LogP contribution in [-0.2, 0) is 20.9 Å². The number of hydrogen-bond donors (Lipinski definition) is 0. The normalized spacial score (nSPS) is 12.5. The minimum Gasteiger partial charge on any atom is -0.464 e. The fourth-order valence-corrected chi connectivity index (χ4v) is 1.65. The SMILES string of the molecule is CCCCOC(=O)COCc1ccc2c(c1)OCO2. The Morgan fingerprint density at radius 3 is 3.00 bits per heavy atom. The Bertz CT molecular complexity index is 430. The topological polar surface area (TPSA) is 54.0 Å². The Hall–Kier alpha value is -1.75. The van der Waals surface area contributed by atoms with Crippen molar-refractivity contribution in [3.8, 4) is 11.5 Å². The number of rotatable bonds is 7. The molecule has 0 bridgehead atoms. The molecular formula is C14H18O5. The molecule has 0 saturated heterocycles. The van der Waals surface area contributed by atoms with Gasteiger partial charge in [0.1, 0.15) is 6.61 Å². The van der Waals surface area contributed by atoms with Gasteiger partial charge in [-0.25, -0.2) is 4.79 Å². The van der Waals surface area contributed by atoms with Gasteiger partial charge < -0.3 is 18.9 Å². The van der Waals surface area contributed by atoms with E-state index in [0.29, 0.717) is 19.0 Å². The zero-order valence-corrected chi connectivity index (χ0v) is 11.0. The lowest BCUT2D eigenvalue weighted by atomic mass is 10.2. The third-order valence-electron chi connectivity index (χ3n) is 2.69. The number of hydrogen-bond acceptors (Lipinski definition) is 5. The predicted octanol–water partition coefficient (Wildman–Crippen LogP) is 2.28. The van der Waals surface area contributed by atoms with Gasteiger partial charge >= 0.3 is 5.97 Å². The van der Waals surface area contributed by atoms with Gasteiger partial charge in [-0.2, -0.15) is 0 Å². The van der Waals surface area contributed by atoms with Gasteiger partial charge in [-0.15, -0.1) is 0 Å². The molecule has 2 rings (SSSR count). The number of esters is 1. The standard InChI is InChI=1S/C14H18O5/c1-2-3-6-17-14(15)9-16-8-11-4-5-12-13(7-11)19-10-18-12/h4-5,7H,2-3,6,8-10H2,1H3.